The minimum Gasteiger partial charge on any atom is -0.316 e. The van der Waals surface area contributed by atoms with Crippen molar-refractivity contribution in [2.24, 2.45) is 0 Å². The number of nitrogens with one attached hydrogen (secondary N) is 1. The van der Waals surface area contributed by atoms with Gasteiger partial charge in [0.15, 0.2) is 11.6 Å². The molecule has 0 heterocycles. The first-order chi connectivity index (χ1) is 9.02. The lowest BCUT2D eigenvalue weighted by Crippen LogP contribution is -2.05. The third-order valence-corrected chi connectivity index (χ3v) is 3.09. The highest BCUT2D eigenvalue weighted by Gasteiger charge is 2.12. The van der Waals surface area contributed by atoms with E-state index >= 15 is 0 Å². The van der Waals surface area contributed by atoms with E-state index in [1.165, 1.54) is 6.07 Å². The molecule has 0 radical (unpaired) electrons. The number of rotatable bonds is 3. The van der Waals surface area contributed by atoms with Crippen LogP contribution in [-0.4, -0.2) is 7.05 Å². The van der Waals surface area contributed by atoms with Gasteiger partial charge in [0.1, 0.15) is 5.82 Å². The molecule has 2 rings (SSSR count). The summed E-state index contributed by atoms with van der Waals surface area (Å²) >= 11 is 6.05. The Balaban J connectivity index is 2.48. The molecule has 0 aliphatic heterocycles. The van der Waals surface area contributed by atoms with Gasteiger partial charge in [0.2, 0.25) is 0 Å². The van der Waals surface area contributed by atoms with Crippen LogP contribution in [0.4, 0.5) is 13.2 Å². The molecule has 5 heteroatoms. The second kappa shape index (κ2) is 5.63. The second-order valence-electron chi connectivity index (χ2n) is 4.08. The molecule has 2 aromatic rings. The predicted octanol–water partition coefficient (Wildman–Crippen LogP) is 4.14. The molecular formula is C14H11ClF3N. The standard InChI is InChI=1S/C14H11ClF3N/c1-19-7-9-3-2-8(4-11(9)15)10-5-13(17)14(18)6-12(10)16/h2-6,19H,7H2,1H3. The zero-order valence-corrected chi connectivity index (χ0v) is 10.9. The summed E-state index contributed by atoms with van der Waals surface area (Å²) in [4.78, 5) is 0. The fourth-order valence-corrected chi connectivity index (χ4v) is 2.04. The van der Waals surface area contributed by atoms with E-state index in [1.807, 2.05) is 0 Å². The van der Waals surface area contributed by atoms with Crippen LogP contribution in [0.5, 0.6) is 0 Å². The fourth-order valence-electron chi connectivity index (χ4n) is 1.79. The van der Waals surface area contributed by atoms with Gasteiger partial charge < -0.3 is 5.32 Å². The van der Waals surface area contributed by atoms with Crippen LogP contribution in [0.15, 0.2) is 30.3 Å². The first-order valence-corrected chi connectivity index (χ1v) is 5.98. The lowest BCUT2D eigenvalue weighted by Gasteiger charge is -2.08. The number of benzene rings is 2. The van der Waals surface area contributed by atoms with Crippen molar-refractivity contribution in [3.63, 3.8) is 0 Å². The first kappa shape index (κ1) is 13.9. The van der Waals surface area contributed by atoms with E-state index in [1.54, 1.807) is 19.2 Å². The van der Waals surface area contributed by atoms with E-state index < -0.39 is 17.5 Å². The highest BCUT2D eigenvalue weighted by atomic mass is 35.5. The highest BCUT2D eigenvalue weighted by molar-refractivity contribution is 6.31. The average Bonchev–Trinajstić information content (AvgIpc) is 2.36. The van der Waals surface area contributed by atoms with Gasteiger partial charge in [-0.2, -0.15) is 0 Å². The van der Waals surface area contributed by atoms with Crippen LogP contribution in [0.1, 0.15) is 5.56 Å². The maximum absolute atomic E-state index is 13.6. The van der Waals surface area contributed by atoms with Gasteiger partial charge in [0, 0.05) is 23.2 Å². The molecule has 0 aliphatic rings. The monoisotopic (exact) mass is 285 g/mol. The van der Waals surface area contributed by atoms with Crippen molar-refractivity contribution in [2.45, 2.75) is 6.54 Å². The Morgan fingerprint density at radius 2 is 1.68 bits per heavy atom. The van der Waals surface area contributed by atoms with Crippen LogP contribution in [0.25, 0.3) is 11.1 Å². The molecule has 0 fully saturated rings. The van der Waals surface area contributed by atoms with Gasteiger partial charge >= 0.3 is 0 Å². The Morgan fingerprint density at radius 1 is 1.00 bits per heavy atom. The molecular weight excluding hydrogens is 275 g/mol. The van der Waals surface area contributed by atoms with Crippen molar-refractivity contribution in [2.75, 3.05) is 7.05 Å². The second-order valence-corrected chi connectivity index (χ2v) is 4.49. The Kier molecular flexibility index (Phi) is 4.12. The van der Waals surface area contributed by atoms with Gasteiger partial charge in [-0.1, -0.05) is 23.7 Å². The van der Waals surface area contributed by atoms with Crippen molar-refractivity contribution < 1.29 is 13.2 Å². The number of hydrogen-bond donors (Lipinski definition) is 1. The van der Waals surface area contributed by atoms with E-state index in [-0.39, 0.29) is 5.56 Å². The molecule has 0 atom stereocenters. The van der Waals surface area contributed by atoms with E-state index in [0.717, 1.165) is 11.6 Å². The summed E-state index contributed by atoms with van der Waals surface area (Å²) in [5.74, 6) is -3.12. The van der Waals surface area contributed by atoms with Gasteiger partial charge in [-0.05, 0) is 30.3 Å². The lowest BCUT2D eigenvalue weighted by atomic mass is 10.0. The first-order valence-electron chi connectivity index (χ1n) is 5.61. The van der Waals surface area contributed by atoms with Crippen LogP contribution in [-0.2, 0) is 6.54 Å². The fraction of sp³-hybridized carbons (Fsp3) is 0.143. The third kappa shape index (κ3) is 2.91. The van der Waals surface area contributed by atoms with Gasteiger partial charge in [0.25, 0.3) is 0 Å². The smallest absolute Gasteiger partial charge is 0.161 e. The van der Waals surface area contributed by atoms with Gasteiger partial charge in [-0.3, -0.25) is 0 Å². The normalized spacial score (nSPS) is 10.8. The molecule has 1 nitrogen and oxygen atoms in total. The Hall–Kier alpha value is -1.52. The summed E-state index contributed by atoms with van der Waals surface area (Å²) in [6.07, 6.45) is 0. The highest BCUT2D eigenvalue weighted by Crippen LogP contribution is 2.29. The van der Waals surface area contributed by atoms with Crippen LogP contribution < -0.4 is 5.32 Å². The molecule has 0 aliphatic carbocycles. The van der Waals surface area contributed by atoms with Crippen LogP contribution in [0, 0.1) is 17.5 Å². The van der Waals surface area contributed by atoms with Gasteiger partial charge in [0.05, 0.1) is 0 Å². The van der Waals surface area contributed by atoms with Gasteiger partial charge in [-0.25, -0.2) is 13.2 Å². The van der Waals surface area contributed by atoms with E-state index in [4.69, 9.17) is 11.6 Å². The molecule has 0 saturated heterocycles. The molecule has 2 aromatic carbocycles. The molecule has 0 bridgehead atoms. The Morgan fingerprint density at radius 3 is 2.32 bits per heavy atom. The van der Waals surface area contributed by atoms with Crippen molar-refractivity contribution >= 4 is 11.6 Å². The Bertz CT molecular complexity index is 614. The minimum atomic E-state index is -1.21. The molecule has 0 saturated carbocycles. The molecule has 0 aromatic heterocycles. The van der Waals surface area contributed by atoms with Crippen molar-refractivity contribution in [1.29, 1.82) is 0 Å². The topological polar surface area (TPSA) is 12.0 Å². The predicted molar refractivity (Wildman–Crippen MR) is 69.5 cm³/mol. The van der Waals surface area contributed by atoms with Crippen LogP contribution >= 0.6 is 11.6 Å². The lowest BCUT2D eigenvalue weighted by molar-refractivity contribution is 0.496. The zero-order chi connectivity index (χ0) is 14.0. The molecule has 1 N–H and O–H groups in total. The summed E-state index contributed by atoms with van der Waals surface area (Å²) < 4.78 is 39.7. The third-order valence-electron chi connectivity index (χ3n) is 2.74. The van der Waals surface area contributed by atoms with E-state index in [0.29, 0.717) is 23.2 Å². The molecule has 0 amide bonds. The quantitative estimate of drug-likeness (QED) is 0.836. The van der Waals surface area contributed by atoms with Crippen molar-refractivity contribution in [3.05, 3.63) is 58.4 Å². The molecule has 19 heavy (non-hydrogen) atoms. The summed E-state index contributed by atoms with van der Waals surface area (Å²) in [6, 6.07) is 6.22. The average molecular weight is 286 g/mol. The van der Waals surface area contributed by atoms with Crippen molar-refractivity contribution in [3.8, 4) is 11.1 Å². The molecule has 0 unspecified atom stereocenters. The number of halogens is 4. The number of hydrogen-bond acceptors (Lipinski definition) is 1. The Labute approximate surface area is 114 Å². The SMILES string of the molecule is CNCc1ccc(-c2cc(F)c(F)cc2F)cc1Cl. The molecule has 100 valence electrons. The van der Waals surface area contributed by atoms with Crippen LogP contribution in [0.3, 0.4) is 0 Å². The van der Waals surface area contributed by atoms with Gasteiger partial charge in [-0.15, -0.1) is 0 Å². The zero-order valence-electron chi connectivity index (χ0n) is 10.1. The van der Waals surface area contributed by atoms with Crippen molar-refractivity contribution in [1.82, 2.24) is 5.32 Å². The maximum atomic E-state index is 13.6. The summed E-state index contributed by atoms with van der Waals surface area (Å²) in [5.41, 5.74) is 1.23. The molecule has 0 spiro atoms. The summed E-state index contributed by atoms with van der Waals surface area (Å²) in [7, 11) is 1.78. The summed E-state index contributed by atoms with van der Waals surface area (Å²) in [6.45, 7) is 0.569. The maximum Gasteiger partial charge on any atom is 0.161 e. The van der Waals surface area contributed by atoms with Crippen LogP contribution in [0.2, 0.25) is 5.02 Å². The van der Waals surface area contributed by atoms with E-state index in [9.17, 15) is 13.2 Å². The largest absolute Gasteiger partial charge is 0.316 e. The summed E-state index contributed by atoms with van der Waals surface area (Å²) in [5, 5.41) is 3.38. The van der Waals surface area contributed by atoms with E-state index in [2.05, 4.69) is 5.32 Å². The minimum absolute atomic E-state index is 0.0168.